The molecule has 0 saturated heterocycles. The Balaban J connectivity index is 2.16. The number of nitrogens with one attached hydrogen (secondary N) is 1. The molecule has 0 aromatic heterocycles. The van der Waals surface area contributed by atoms with Crippen LogP contribution in [0.4, 0.5) is 0 Å². The predicted molar refractivity (Wildman–Crippen MR) is 106 cm³/mol. The van der Waals surface area contributed by atoms with Crippen molar-refractivity contribution in [2.24, 2.45) is 5.73 Å². The van der Waals surface area contributed by atoms with Crippen LogP contribution >= 0.6 is 0 Å². The van der Waals surface area contributed by atoms with Crippen LogP contribution in [-0.4, -0.2) is 49.9 Å². The number of amides is 1. The third-order valence-electron chi connectivity index (χ3n) is 4.24. The van der Waals surface area contributed by atoms with Gasteiger partial charge in [0.15, 0.2) is 11.5 Å². The molecule has 2 aromatic rings. The van der Waals surface area contributed by atoms with Gasteiger partial charge in [-0.25, -0.2) is 4.79 Å². The zero-order valence-electron chi connectivity index (χ0n) is 16.5. The van der Waals surface area contributed by atoms with Crippen molar-refractivity contribution in [3.05, 3.63) is 59.7 Å². The minimum absolute atomic E-state index is 0.155. The number of hydrogen-bond acceptors (Lipinski definition) is 7. The van der Waals surface area contributed by atoms with Crippen LogP contribution in [0.3, 0.4) is 0 Å². The van der Waals surface area contributed by atoms with Gasteiger partial charge in [-0.3, -0.25) is 4.79 Å². The molecule has 8 nitrogen and oxygen atoms in total. The summed E-state index contributed by atoms with van der Waals surface area (Å²) >= 11 is 0. The summed E-state index contributed by atoms with van der Waals surface area (Å²) in [7, 11) is 2.77. The van der Waals surface area contributed by atoms with E-state index in [4.69, 9.17) is 25.1 Å². The Morgan fingerprint density at radius 1 is 1.07 bits per heavy atom. The van der Waals surface area contributed by atoms with E-state index in [1.54, 1.807) is 18.2 Å². The van der Waals surface area contributed by atoms with E-state index >= 15 is 0 Å². The van der Waals surface area contributed by atoms with E-state index < -0.39 is 30.6 Å². The first-order valence-electron chi connectivity index (χ1n) is 9.06. The number of aliphatic hydroxyl groups is 1. The van der Waals surface area contributed by atoms with Gasteiger partial charge in [0, 0.05) is 6.42 Å². The fourth-order valence-corrected chi connectivity index (χ4v) is 2.63. The van der Waals surface area contributed by atoms with Gasteiger partial charge in [-0.2, -0.15) is 0 Å². The quantitative estimate of drug-likeness (QED) is 0.503. The number of carbonyl (C=O) groups excluding carboxylic acids is 2. The zero-order valence-corrected chi connectivity index (χ0v) is 16.5. The Morgan fingerprint density at radius 2 is 1.79 bits per heavy atom. The van der Waals surface area contributed by atoms with Crippen LogP contribution in [0.15, 0.2) is 48.5 Å². The minimum Gasteiger partial charge on any atom is -0.493 e. The van der Waals surface area contributed by atoms with E-state index in [1.807, 2.05) is 30.3 Å². The van der Waals surface area contributed by atoms with Gasteiger partial charge in [0.05, 0.1) is 20.8 Å². The van der Waals surface area contributed by atoms with E-state index in [0.717, 1.165) is 11.1 Å². The molecule has 29 heavy (non-hydrogen) atoms. The number of ether oxygens (including phenoxy) is 3. The maximum Gasteiger partial charge on any atom is 0.328 e. The molecular formula is C21H26N2O6. The standard InChI is InChI=1S/C21H26N2O6/c1-27-18-9-8-15(11-19(18)29-13-14-6-4-3-5-7-14)10-17(21(26)28-2)23-20(25)16(22)12-24/h3-9,11,16-17,24H,10,12-13,22H2,1-2H3,(H,23,25)/t16-,17-/m0/s1. The molecule has 8 heteroatoms. The normalized spacial score (nSPS) is 12.6. The van der Waals surface area contributed by atoms with Crippen LogP contribution in [0.1, 0.15) is 11.1 Å². The predicted octanol–water partition coefficient (Wildman–Crippen LogP) is 0.794. The molecule has 156 valence electrons. The first-order valence-corrected chi connectivity index (χ1v) is 9.06. The van der Waals surface area contributed by atoms with Crippen LogP contribution in [-0.2, 0) is 27.4 Å². The maximum atomic E-state index is 12.1. The van der Waals surface area contributed by atoms with Gasteiger partial charge in [0.25, 0.3) is 0 Å². The lowest BCUT2D eigenvalue weighted by Gasteiger charge is -2.19. The number of nitrogens with two attached hydrogens (primary N) is 1. The van der Waals surface area contributed by atoms with E-state index in [0.29, 0.717) is 18.1 Å². The average molecular weight is 402 g/mol. The number of aliphatic hydroxyl groups excluding tert-OH is 1. The summed E-state index contributed by atoms with van der Waals surface area (Å²) < 4.78 is 16.0. The van der Waals surface area contributed by atoms with Crippen molar-refractivity contribution in [3.63, 3.8) is 0 Å². The van der Waals surface area contributed by atoms with E-state index in [2.05, 4.69) is 5.32 Å². The van der Waals surface area contributed by atoms with Crippen molar-refractivity contribution >= 4 is 11.9 Å². The molecule has 0 spiro atoms. The second-order valence-corrected chi connectivity index (χ2v) is 6.34. The Morgan fingerprint density at radius 3 is 2.41 bits per heavy atom. The second kappa shape index (κ2) is 11.0. The summed E-state index contributed by atoms with van der Waals surface area (Å²) in [5, 5.41) is 11.5. The molecule has 1 amide bonds. The molecule has 0 aliphatic carbocycles. The van der Waals surface area contributed by atoms with Crippen LogP contribution in [0.2, 0.25) is 0 Å². The molecule has 0 unspecified atom stereocenters. The van der Waals surface area contributed by atoms with Crippen molar-refractivity contribution in [1.29, 1.82) is 0 Å². The Labute approximate surface area is 169 Å². The van der Waals surface area contributed by atoms with Gasteiger partial charge < -0.3 is 30.4 Å². The van der Waals surface area contributed by atoms with Gasteiger partial charge in [-0.15, -0.1) is 0 Å². The Bertz CT molecular complexity index is 812. The number of methoxy groups -OCH3 is 2. The lowest BCUT2D eigenvalue weighted by atomic mass is 10.0. The molecule has 2 rings (SSSR count). The fourth-order valence-electron chi connectivity index (χ4n) is 2.63. The van der Waals surface area contributed by atoms with Gasteiger partial charge in [0.1, 0.15) is 18.7 Å². The van der Waals surface area contributed by atoms with Crippen molar-refractivity contribution < 1.29 is 28.9 Å². The molecule has 4 N–H and O–H groups in total. The van der Waals surface area contributed by atoms with Crippen molar-refractivity contribution in [1.82, 2.24) is 5.32 Å². The Hall–Kier alpha value is -3.10. The summed E-state index contributed by atoms with van der Waals surface area (Å²) in [4.78, 5) is 24.1. The fraction of sp³-hybridized carbons (Fsp3) is 0.333. The minimum atomic E-state index is -1.12. The van der Waals surface area contributed by atoms with Crippen LogP contribution < -0.4 is 20.5 Å². The molecule has 0 radical (unpaired) electrons. The number of rotatable bonds is 10. The highest BCUT2D eigenvalue weighted by atomic mass is 16.5. The molecule has 0 bridgehead atoms. The molecule has 2 atom stereocenters. The molecule has 0 saturated carbocycles. The third-order valence-corrected chi connectivity index (χ3v) is 4.24. The molecule has 0 aliphatic heterocycles. The molecule has 0 heterocycles. The highest BCUT2D eigenvalue weighted by Crippen LogP contribution is 2.29. The van der Waals surface area contributed by atoms with Crippen LogP contribution in [0.25, 0.3) is 0 Å². The first kappa shape index (κ1) is 22.2. The SMILES string of the molecule is COC(=O)[C@H](Cc1ccc(OC)c(OCc2ccccc2)c1)NC(=O)[C@@H](N)CO. The number of carbonyl (C=O) groups is 2. The third kappa shape index (κ3) is 6.48. The number of benzene rings is 2. The summed E-state index contributed by atoms with van der Waals surface area (Å²) in [6.45, 7) is -0.178. The smallest absolute Gasteiger partial charge is 0.328 e. The van der Waals surface area contributed by atoms with E-state index in [9.17, 15) is 9.59 Å². The molecular weight excluding hydrogens is 376 g/mol. The van der Waals surface area contributed by atoms with Crippen molar-refractivity contribution in [2.75, 3.05) is 20.8 Å². The lowest BCUT2D eigenvalue weighted by Crippen LogP contribution is -2.50. The van der Waals surface area contributed by atoms with Crippen molar-refractivity contribution in [3.8, 4) is 11.5 Å². The topological polar surface area (TPSA) is 120 Å². The van der Waals surface area contributed by atoms with E-state index in [-0.39, 0.29) is 6.42 Å². The second-order valence-electron chi connectivity index (χ2n) is 6.34. The Kier molecular flexibility index (Phi) is 8.45. The summed E-state index contributed by atoms with van der Waals surface area (Å²) in [6, 6.07) is 12.8. The lowest BCUT2D eigenvalue weighted by molar-refractivity contribution is -0.145. The molecule has 2 aromatic carbocycles. The van der Waals surface area contributed by atoms with E-state index in [1.165, 1.54) is 14.2 Å². The van der Waals surface area contributed by atoms with Gasteiger partial charge in [-0.1, -0.05) is 36.4 Å². The summed E-state index contributed by atoms with van der Waals surface area (Å²) in [5.74, 6) is -0.204. The molecule has 0 aliphatic rings. The van der Waals surface area contributed by atoms with Crippen LogP contribution in [0.5, 0.6) is 11.5 Å². The highest BCUT2D eigenvalue weighted by molar-refractivity contribution is 5.87. The largest absolute Gasteiger partial charge is 0.493 e. The van der Waals surface area contributed by atoms with Gasteiger partial charge in [-0.05, 0) is 23.3 Å². The van der Waals surface area contributed by atoms with Gasteiger partial charge >= 0.3 is 5.97 Å². The number of esters is 1. The van der Waals surface area contributed by atoms with Crippen molar-refractivity contribution in [2.45, 2.75) is 25.1 Å². The number of hydrogen-bond donors (Lipinski definition) is 3. The van der Waals surface area contributed by atoms with Gasteiger partial charge in [0.2, 0.25) is 5.91 Å². The average Bonchev–Trinajstić information content (AvgIpc) is 2.76. The maximum absolute atomic E-state index is 12.1. The monoisotopic (exact) mass is 402 g/mol. The van der Waals surface area contributed by atoms with Crippen LogP contribution in [0, 0.1) is 0 Å². The molecule has 0 fully saturated rings. The zero-order chi connectivity index (χ0) is 21.2. The first-order chi connectivity index (χ1) is 14.0. The highest BCUT2D eigenvalue weighted by Gasteiger charge is 2.25. The summed E-state index contributed by atoms with van der Waals surface area (Å²) in [5.41, 5.74) is 7.23. The summed E-state index contributed by atoms with van der Waals surface area (Å²) in [6.07, 6.45) is 0.155.